The van der Waals surface area contributed by atoms with E-state index in [0.29, 0.717) is 13.2 Å². The lowest BCUT2D eigenvalue weighted by Gasteiger charge is -2.24. The predicted molar refractivity (Wildman–Crippen MR) is 401 cm³/mol. The van der Waals surface area contributed by atoms with E-state index in [-0.39, 0.29) is 43.2 Å². The van der Waals surface area contributed by atoms with Crippen LogP contribution in [0.25, 0.3) is 0 Å². The lowest BCUT2D eigenvalue weighted by atomic mass is 9.82. The van der Waals surface area contributed by atoms with Crippen molar-refractivity contribution in [2.75, 3.05) is 0 Å². The first-order valence-electron chi connectivity index (χ1n) is 34.5. The van der Waals surface area contributed by atoms with Crippen LogP contribution in [0.15, 0.2) is 72.8 Å². The minimum atomic E-state index is -0.341. The molecule has 3 heteroatoms. The Labute approximate surface area is 542 Å². The Balaban J connectivity index is -0.0000000919. The third kappa shape index (κ3) is 65.2. The highest BCUT2D eigenvalue weighted by atomic mass is 16.5. The van der Waals surface area contributed by atoms with E-state index >= 15 is 0 Å². The maximum Gasteiger partial charge on any atom is 0.407 e. The highest BCUT2D eigenvalue weighted by Gasteiger charge is 2.29. The number of hydrogen-bond acceptors (Lipinski definition) is 2. The zero-order valence-electron chi connectivity index (χ0n) is 58.9. The van der Waals surface area contributed by atoms with Crippen molar-refractivity contribution in [1.29, 1.82) is 0 Å². The Morgan fingerprint density at radius 3 is 0.718 bits per heavy atom. The van der Waals surface area contributed by atoms with Gasteiger partial charge in [-0.15, -0.1) is 0 Å². The molecule has 4 fully saturated rings. The number of nitrogens with one attached hydrogen (secondary N) is 1. The number of rotatable bonds is 0. The van der Waals surface area contributed by atoms with Crippen molar-refractivity contribution in [3.8, 4) is 0 Å². The molecular weight excluding hydrogens is 1030 g/mol. The summed E-state index contributed by atoms with van der Waals surface area (Å²) < 4.78 is 4.88. The standard InChI is InChI=1S/2C10H12.C9H9NO2.2C9H16.5C4H10.5C2H6.5CH4/c2*1-2-6-10-8-4-3-7-9(10)5-1;11-9-10-5-7-3-1-2-4-8(7)6-12-9;2*1-2-5-9-7-3-6-8(9)4-1;5*1-4(2)3;5*1-2;;;;;/h2*1-2,5-6H,3-4,7-8H2;1-4H,5-6H2,(H,10,11);2*8-9H,1-7H2;5*4H,1-3H3;5*1-2H3;5*1H4. The van der Waals surface area contributed by atoms with Gasteiger partial charge in [-0.3, -0.25) is 0 Å². The van der Waals surface area contributed by atoms with Gasteiger partial charge in [0.05, 0.1) is 0 Å². The van der Waals surface area contributed by atoms with Gasteiger partial charge in [-0.2, -0.15) is 0 Å². The van der Waals surface area contributed by atoms with Gasteiger partial charge in [-0.05, 0) is 138 Å². The van der Waals surface area contributed by atoms with E-state index in [1.165, 1.54) is 114 Å². The van der Waals surface area contributed by atoms with Crippen LogP contribution >= 0.6 is 0 Å². The molecule has 510 valence electrons. The van der Waals surface area contributed by atoms with Gasteiger partial charge in [0, 0.05) is 6.54 Å². The molecule has 0 spiro atoms. The molecule has 1 N–H and O–H groups in total. The lowest BCUT2D eigenvalue weighted by molar-refractivity contribution is 0.143. The molecule has 4 unspecified atom stereocenters. The fourth-order valence-corrected chi connectivity index (χ4v) is 9.96. The molecular formula is C82H165NO2. The van der Waals surface area contributed by atoms with Crippen LogP contribution in [-0.4, -0.2) is 6.09 Å². The van der Waals surface area contributed by atoms with Crippen LogP contribution in [0.4, 0.5) is 4.79 Å². The molecule has 6 aliphatic carbocycles. The molecule has 0 radical (unpaired) electrons. The Morgan fingerprint density at radius 2 is 0.494 bits per heavy atom. The van der Waals surface area contributed by atoms with E-state index in [2.05, 4.69) is 158 Å². The molecule has 0 saturated heterocycles. The molecule has 4 atom stereocenters. The second kappa shape index (κ2) is 75.2. The lowest BCUT2D eigenvalue weighted by Crippen LogP contribution is -2.20. The zero-order valence-corrected chi connectivity index (χ0v) is 58.9. The van der Waals surface area contributed by atoms with Crippen LogP contribution in [0.5, 0.6) is 0 Å². The quantitative estimate of drug-likeness (QED) is 0.244. The topological polar surface area (TPSA) is 38.3 Å². The van der Waals surface area contributed by atoms with Crippen LogP contribution in [0.1, 0.15) is 359 Å². The van der Waals surface area contributed by atoms with E-state index in [1.807, 2.05) is 93.5 Å². The zero-order chi connectivity index (χ0) is 62.1. The first-order valence-corrected chi connectivity index (χ1v) is 34.5. The highest BCUT2D eigenvalue weighted by Crippen LogP contribution is 2.42. The summed E-state index contributed by atoms with van der Waals surface area (Å²) in [5.41, 5.74) is 8.52. The normalized spacial score (nSPS) is 17.6. The van der Waals surface area contributed by atoms with Gasteiger partial charge in [0.1, 0.15) is 6.61 Å². The van der Waals surface area contributed by atoms with Gasteiger partial charge in [0.25, 0.3) is 0 Å². The summed E-state index contributed by atoms with van der Waals surface area (Å²) in [4.78, 5) is 10.8. The van der Waals surface area contributed by atoms with Crippen molar-refractivity contribution in [3.05, 3.63) is 106 Å². The maximum absolute atomic E-state index is 10.8. The first-order chi connectivity index (χ1) is 38.4. The molecule has 1 heterocycles. The van der Waals surface area contributed by atoms with Crippen LogP contribution in [0.2, 0.25) is 0 Å². The number of hydrogen-bond donors (Lipinski definition) is 1. The number of aryl methyl sites for hydroxylation is 4. The monoisotopic (exact) mass is 1200 g/mol. The van der Waals surface area contributed by atoms with Gasteiger partial charge in [0.2, 0.25) is 0 Å². The number of ether oxygens (including phenoxy) is 1. The van der Waals surface area contributed by atoms with E-state index in [4.69, 9.17) is 4.74 Å². The number of carbonyl (C=O) groups is 1. The smallest absolute Gasteiger partial charge is 0.407 e. The molecule has 3 aromatic rings. The van der Waals surface area contributed by atoms with Crippen molar-refractivity contribution in [3.63, 3.8) is 0 Å². The molecule has 10 rings (SSSR count). The van der Waals surface area contributed by atoms with Crippen LogP contribution in [-0.2, 0) is 43.6 Å². The van der Waals surface area contributed by atoms with Crippen molar-refractivity contribution in [2.45, 2.75) is 365 Å². The molecule has 4 saturated carbocycles. The Bertz CT molecular complexity index is 1460. The molecule has 3 aromatic carbocycles. The maximum atomic E-state index is 10.8. The highest BCUT2D eigenvalue weighted by molar-refractivity contribution is 5.68. The van der Waals surface area contributed by atoms with Gasteiger partial charge in [0.15, 0.2) is 0 Å². The van der Waals surface area contributed by atoms with Crippen LogP contribution < -0.4 is 5.32 Å². The average Bonchev–Trinajstić information content (AvgIpc) is 4.12. The number of alkyl carbamates (subject to hydrolysis) is 1. The van der Waals surface area contributed by atoms with Gasteiger partial charge in [-0.1, -0.05) is 373 Å². The molecule has 1 amide bonds. The Morgan fingerprint density at radius 1 is 0.306 bits per heavy atom. The molecule has 7 aliphatic rings. The fourth-order valence-electron chi connectivity index (χ4n) is 9.96. The summed E-state index contributed by atoms with van der Waals surface area (Å²) in [5.74, 6) is 8.83. The Hall–Kier alpha value is -3.07. The molecule has 1 aliphatic heterocycles. The summed E-state index contributed by atoms with van der Waals surface area (Å²) in [6.45, 7) is 53.4. The van der Waals surface area contributed by atoms with Gasteiger partial charge < -0.3 is 10.1 Å². The molecule has 85 heavy (non-hydrogen) atoms. The van der Waals surface area contributed by atoms with E-state index < -0.39 is 0 Å². The van der Waals surface area contributed by atoms with E-state index in [1.54, 1.807) is 73.6 Å². The number of cyclic esters (lactones) is 1. The third-order valence-electron chi connectivity index (χ3n) is 12.9. The number of benzene rings is 3. The Kier molecular flexibility index (Phi) is 91.7. The predicted octanol–water partition coefficient (Wildman–Crippen LogP) is 29.1. The minimum Gasteiger partial charge on any atom is -0.445 e. The molecule has 3 nitrogen and oxygen atoms in total. The van der Waals surface area contributed by atoms with E-state index in [0.717, 1.165) is 40.7 Å². The van der Waals surface area contributed by atoms with Crippen molar-refractivity contribution in [1.82, 2.24) is 5.32 Å². The van der Waals surface area contributed by atoms with Crippen molar-refractivity contribution in [2.24, 2.45) is 53.3 Å². The van der Waals surface area contributed by atoms with Crippen molar-refractivity contribution < 1.29 is 9.53 Å². The SMILES string of the molecule is C.C.C.C.C.C1CCC2CCCC2C1.C1CCC2CCCC2C1.CC.CC.CC.CC.CC.CC(C)C.CC(C)C.CC(C)C.CC(C)C.CC(C)C.O=C1NCc2ccccc2CO1.c1ccc2c(c1)CCCC2.c1ccc2c(c1)CCCC2. The summed E-state index contributed by atoms with van der Waals surface area (Å²) in [5, 5.41) is 2.64. The van der Waals surface area contributed by atoms with Crippen LogP contribution in [0, 0.1) is 53.3 Å². The van der Waals surface area contributed by atoms with Gasteiger partial charge >= 0.3 is 6.09 Å². The summed E-state index contributed by atoms with van der Waals surface area (Å²) in [6.07, 6.45) is 32.1. The first kappa shape index (κ1) is 104. The second-order valence-electron chi connectivity index (χ2n) is 24.8. The average molecular weight is 1200 g/mol. The van der Waals surface area contributed by atoms with Crippen molar-refractivity contribution >= 4 is 6.09 Å². The summed E-state index contributed by atoms with van der Waals surface area (Å²) in [7, 11) is 0. The minimum absolute atomic E-state index is 0. The molecule has 0 bridgehead atoms. The number of amides is 1. The van der Waals surface area contributed by atoms with Crippen LogP contribution in [0.3, 0.4) is 0 Å². The largest absolute Gasteiger partial charge is 0.445 e. The van der Waals surface area contributed by atoms with Gasteiger partial charge in [-0.25, -0.2) is 4.79 Å². The molecule has 0 aromatic heterocycles. The number of fused-ring (bicyclic) bond motifs is 5. The van der Waals surface area contributed by atoms with E-state index in [9.17, 15) is 4.79 Å². The summed E-state index contributed by atoms with van der Waals surface area (Å²) >= 11 is 0. The fraction of sp³-hybridized carbons (Fsp3) is 0.768. The second-order valence-corrected chi connectivity index (χ2v) is 24.8. The third-order valence-corrected chi connectivity index (χ3v) is 12.9. The summed E-state index contributed by atoms with van der Waals surface area (Å²) in [6, 6.07) is 25.5. The number of carbonyl (C=O) groups excluding carboxylic acids is 1.